The summed E-state index contributed by atoms with van der Waals surface area (Å²) in [5, 5.41) is 7.28. The van der Waals surface area contributed by atoms with Crippen molar-refractivity contribution < 1.29 is 9.59 Å². The van der Waals surface area contributed by atoms with Crippen molar-refractivity contribution in [3.8, 4) is 0 Å². The second-order valence-electron chi connectivity index (χ2n) is 6.41. The summed E-state index contributed by atoms with van der Waals surface area (Å²) < 4.78 is 1.81. The molecule has 1 aliphatic rings. The molecule has 1 aliphatic heterocycles. The van der Waals surface area contributed by atoms with Crippen molar-refractivity contribution in [2.45, 2.75) is 39.7 Å². The summed E-state index contributed by atoms with van der Waals surface area (Å²) in [6, 6.07) is 7.21. The minimum atomic E-state index is -0.158. The Kier molecular flexibility index (Phi) is 4.83. The van der Waals surface area contributed by atoms with Crippen LogP contribution in [-0.2, 0) is 4.79 Å². The first kappa shape index (κ1) is 17.1. The van der Waals surface area contributed by atoms with Crippen LogP contribution >= 0.6 is 0 Å². The van der Waals surface area contributed by atoms with E-state index in [2.05, 4.69) is 15.4 Å². The highest BCUT2D eigenvalue weighted by molar-refractivity contribution is 5.99. The number of hydrogen-bond acceptors (Lipinski definition) is 4. The molecule has 132 valence electrons. The van der Waals surface area contributed by atoms with Crippen LogP contribution in [0.3, 0.4) is 0 Å². The number of anilines is 1. The quantitative estimate of drug-likeness (QED) is 0.902. The van der Waals surface area contributed by atoms with Gasteiger partial charge < -0.3 is 10.2 Å². The molecule has 0 spiro atoms. The second-order valence-corrected chi connectivity index (χ2v) is 6.41. The average Bonchev–Trinajstić information content (AvgIpc) is 3.17. The summed E-state index contributed by atoms with van der Waals surface area (Å²) in [5.74, 6) is 1.51. The zero-order valence-corrected chi connectivity index (χ0v) is 14.8. The Morgan fingerprint density at radius 2 is 2.16 bits per heavy atom. The van der Waals surface area contributed by atoms with E-state index in [-0.39, 0.29) is 17.9 Å². The number of hydrogen-bond donors (Lipinski definition) is 1. The van der Waals surface area contributed by atoms with E-state index in [1.54, 1.807) is 17.0 Å². The molecule has 0 saturated carbocycles. The lowest BCUT2D eigenvalue weighted by Crippen LogP contribution is -2.30. The van der Waals surface area contributed by atoms with Crippen molar-refractivity contribution in [2.24, 2.45) is 0 Å². The van der Waals surface area contributed by atoms with Crippen molar-refractivity contribution in [3.63, 3.8) is 0 Å². The van der Waals surface area contributed by atoms with E-state index < -0.39 is 0 Å². The third kappa shape index (κ3) is 3.70. The minimum absolute atomic E-state index is 0.00786. The molecule has 1 aromatic carbocycles. The highest BCUT2D eigenvalue weighted by atomic mass is 16.2. The standard InChI is InChI=1S/C18H23N5O2/c1-12(23-14(3)20-13(2)21-23)11-19-18(25)15-6-4-7-16(10-15)22-9-5-8-17(22)24/h4,6-7,10,12H,5,8-9,11H2,1-3H3,(H,19,25)/t12-/m0/s1. The van der Waals surface area contributed by atoms with Gasteiger partial charge in [-0.3, -0.25) is 9.59 Å². The smallest absolute Gasteiger partial charge is 0.251 e. The fourth-order valence-electron chi connectivity index (χ4n) is 3.12. The summed E-state index contributed by atoms with van der Waals surface area (Å²) in [6.07, 6.45) is 1.44. The van der Waals surface area contributed by atoms with Gasteiger partial charge in [-0.15, -0.1) is 0 Å². The van der Waals surface area contributed by atoms with Crippen molar-refractivity contribution in [2.75, 3.05) is 18.0 Å². The van der Waals surface area contributed by atoms with E-state index in [0.717, 1.165) is 23.8 Å². The highest BCUT2D eigenvalue weighted by Crippen LogP contribution is 2.22. The van der Waals surface area contributed by atoms with Crippen LogP contribution < -0.4 is 10.2 Å². The van der Waals surface area contributed by atoms with Crippen LogP contribution in [0.5, 0.6) is 0 Å². The third-order valence-corrected chi connectivity index (χ3v) is 4.38. The lowest BCUT2D eigenvalue weighted by atomic mass is 10.1. The lowest BCUT2D eigenvalue weighted by molar-refractivity contribution is -0.117. The predicted octanol–water partition coefficient (Wildman–Crippen LogP) is 2.01. The molecule has 1 atom stereocenters. The first-order chi connectivity index (χ1) is 12.0. The van der Waals surface area contributed by atoms with Crippen LogP contribution in [0.2, 0.25) is 0 Å². The number of amides is 2. The van der Waals surface area contributed by atoms with Gasteiger partial charge in [-0.2, -0.15) is 5.10 Å². The van der Waals surface area contributed by atoms with Crippen LogP contribution in [0, 0.1) is 13.8 Å². The number of nitrogens with one attached hydrogen (secondary N) is 1. The highest BCUT2D eigenvalue weighted by Gasteiger charge is 2.22. The van der Waals surface area contributed by atoms with E-state index in [0.29, 0.717) is 25.1 Å². The van der Waals surface area contributed by atoms with Gasteiger partial charge in [0.25, 0.3) is 5.91 Å². The lowest BCUT2D eigenvalue weighted by Gasteiger charge is -2.17. The number of aromatic nitrogens is 3. The van der Waals surface area contributed by atoms with Crippen LogP contribution in [0.25, 0.3) is 0 Å². The number of benzene rings is 1. The maximum absolute atomic E-state index is 12.5. The van der Waals surface area contributed by atoms with E-state index in [9.17, 15) is 9.59 Å². The third-order valence-electron chi connectivity index (χ3n) is 4.38. The molecule has 0 unspecified atom stereocenters. The Balaban J connectivity index is 1.65. The van der Waals surface area contributed by atoms with Crippen LogP contribution in [0.4, 0.5) is 5.69 Å². The van der Waals surface area contributed by atoms with Gasteiger partial charge in [0.15, 0.2) is 0 Å². The van der Waals surface area contributed by atoms with Crippen molar-refractivity contribution in [1.82, 2.24) is 20.1 Å². The van der Waals surface area contributed by atoms with Crippen LogP contribution in [0.15, 0.2) is 24.3 Å². The van der Waals surface area contributed by atoms with Crippen molar-refractivity contribution in [1.29, 1.82) is 0 Å². The fraction of sp³-hybridized carbons (Fsp3) is 0.444. The Morgan fingerprint density at radius 1 is 1.36 bits per heavy atom. The molecule has 0 radical (unpaired) electrons. The predicted molar refractivity (Wildman–Crippen MR) is 94.6 cm³/mol. The molecule has 1 aromatic heterocycles. The van der Waals surface area contributed by atoms with Crippen molar-refractivity contribution >= 4 is 17.5 Å². The summed E-state index contributed by atoms with van der Waals surface area (Å²) in [5.41, 5.74) is 1.34. The van der Waals surface area contributed by atoms with Crippen LogP contribution in [0.1, 0.15) is 47.8 Å². The van der Waals surface area contributed by atoms with E-state index >= 15 is 0 Å². The molecule has 7 heteroatoms. The Morgan fingerprint density at radius 3 is 2.80 bits per heavy atom. The number of carbonyl (C=O) groups is 2. The van der Waals surface area contributed by atoms with Gasteiger partial charge in [-0.05, 0) is 45.4 Å². The maximum Gasteiger partial charge on any atom is 0.251 e. The summed E-state index contributed by atoms with van der Waals surface area (Å²) in [7, 11) is 0. The molecule has 1 fully saturated rings. The summed E-state index contributed by atoms with van der Waals surface area (Å²) >= 11 is 0. The number of nitrogens with zero attached hydrogens (tertiary/aromatic N) is 4. The Labute approximate surface area is 147 Å². The molecule has 7 nitrogen and oxygen atoms in total. The SMILES string of the molecule is Cc1nc(C)n([C@@H](C)CNC(=O)c2cccc(N3CCCC3=O)c2)n1. The van der Waals surface area contributed by atoms with Crippen molar-refractivity contribution in [3.05, 3.63) is 41.5 Å². The molecular formula is C18H23N5O2. The topological polar surface area (TPSA) is 80.1 Å². The molecule has 1 saturated heterocycles. The van der Waals surface area contributed by atoms with Gasteiger partial charge >= 0.3 is 0 Å². The largest absolute Gasteiger partial charge is 0.350 e. The first-order valence-corrected chi connectivity index (χ1v) is 8.54. The molecular weight excluding hydrogens is 318 g/mol. The molecule has 2 heterocycles. The van der Waals surface area contributed by atoms with E-state index in [1.165, 1.54) is 0 Å². The Bertz CT molecular complexity index is 799. The molecule has 3 rings (SSSR count). The average molecular weight is 341 g/mol. The minimum Gasteiger partial charge on any atom is -0.350 e. The second kappa shape index (κ2) is 7.04. The molecule has 2 amide bonds. The zero-order valence-electron chi connectivity index (χ0n) is 14.8. The Hall–Kier alpha value is -2.70. The monoisotopic (exact) mass is 341 g/mol. The summed E-state index contributed by atoms with van der Waals surface area (Å²) in [6.45, 7) is 6.90. The number of carbonyl (C=O) groups excluding carboxylic acids is 2. The van der Waals surface area contributed by atoms with Gasteiger partial charge in [0.1, 0.15) is 11.6 Å². The molecule has 0 aliphatic carbocycles. The van der Waals surface area contributed by atoms with Crippen LogP contribution in [-0.4, -0.2) is 39.7 Å². The van der Waals surface area contributed by atoms with Gasteiger partial charge in [0, 0.05) is 30.8 Å². The van der Waals surface area contributed by atoms with Gasteiger partial charge in [0.2, 0.25) is 5.91 Å². The number of rotatable bonds is 5. The fourth-order valence-corrected chi connectivity index (χ4v) is 3.12. The molecule has 0 bridgehead atoms. The normalized spacial score (nSPS) is 15.5. The van der Waals surface area contributed by atoms with E-state index in [1.807, 2.05) is 37.6 Å². The van der Waals surface area contributed by atoms with Gasteiger partial charge in [0.05, 0.1) is 6.04 Å². The number of aryl methyl sites for hydroxylation is 2. The maximum atomic E-state index is 12.5. The molecule has 2 aromatic rings. The molecule has 1 N–H and O–H groups in total. The molecule has 25 heavy (non-hydrogen) atoms. The first-order valence-electron chi connectivity index (χ1n) is 8.54. The summed E-state index contributed by atoms with van der Waals surface area (Å²) in [4.78, 5) is 30.3. The van der Waals surface area contributed by atoms with Gasteiger partial charge in [-0.1, -0.05) is 6.07 Å². The van der Waals surface area contributed by atoms with Gasteiger partial charge in [-0.25, -0.2) is 9.67 Å². The zero-order chi connectivity index (χ0) is 18.0. The van der Waals surface area contributed by atoms with E-state index in [4.69, 9.17) is 0 Å².